The SMILES string of the molecule is CC(=O)O[C@@H]1[C@H](O[C@H](CO)[C@@H](O)[C@H](O)[C@H](O)C(=O)O[C@@H](C)CCCCCCCCCCCCCCCC(=O)Cc2cccc(O)c2C(=O)O)O[C@@H](CO)[C@@H](O)[C@H]1O. The summed E-state index contributed by atoms with van der Waals surface area (Å²) >= 11 is 0. The molecule has 57 heavy (non-hydrogen) atoms. The Kier molecular flexibility index (Phi) is 23.4. The number of benzene rings is 1. The quantitative estimate of drug-likeness (QED) is 0.0412. The third-order valence-corrected chi connectivity index (χ3v) is 10.0. The van der Waals surface area contributed by atoms with Crippen LogP contribution >= 0.6 is 0 Å². The highest BCUT2D eigenvalue weighted by Crippen LogP contribution is 2.27. The molecule has 0 unspecified atom stereocenters. The fourth-order valence-electron chi connectivity index (χ4n) is 6.74. The van der Waals surface area contributed by atoms with Gasteiger partial charge in [-0.3, -0.25) is 9.59 Å². The summed E-state index contributed by atoms with van der Waals surface area (Å²) in [6.45, 7) is 0.896. The Morgan fingerprint density at radius 3 is 1.89 bits per heavy atom. The van der Waals surface area contributed by atoms with Crippen LogP contribution in [0.3, 0.4) is 0 Å². The minimum Gasteiger partial charge on any atom is -0.507 e. The number of carboxylic acid groups (broad SMARTS) is 1. The van der Waals surface area contributed by atoms with Crippen LogP contribution in [0.2, 0.25) is 0 Å². The summed E-state index contributed by atoms with van der Waals surface area (Å²) < 4.78 is 21.0. The standard InChI is InChI=1S/C40H64O17/c1-24(54-39(53)36(50)34(48)32(46)29(22-41)56-40-37(55-25(2)43)35(49)33(47)30(23-42)57-40)17-14-12-10-8-6-4-3-5-7-9-11-13-15-19-27(44)21-26-18-16-20-28(45)31(26)38(51)52/h16,18,20,24,29-30,32-37,40-42,45-50H,3-15,17,19,21-23H2,1-2H3,(H,51,52)/t24-,29+,30-,32+,33+,34-,35+,36-,37-,40+/m0/s1. The Hall–Kier alpha value is -3.26. The molecule has 326 valence electrons. The summed E-state index contributed by atoms with van der Waals surface area (Å²) in [5.41, 5.74) is 0.119. The number of unbranched alkanes of at least 4 members (excludes halogenated alkanes) is 12. The second-order valence-corrected chi connectivity index (χ2v) is 14.8. The molecule has 1 aromatic rings. The summed E-state index contributed by atoms with van der Waals surface area (Å²) in [5.74, 6) is -3.71. The van der Waals surface area contributed by atoms with Crippen molar-refractivity contribution in [1.29, 1.82) is 0 Å². The molecular formula is C40H64O17. The number of hydrogen-bond acceptors (Lipinski definition) is 16. The minimum absolute atomic E-state index is 0.000459. The summed E-state index contributed by atoms with van der Waals surface area (Å²) in [6.07, 6.45) is -2.88. The van der Waals surface area contributed by atoms with Crippen LogP contribution in [0.4, 0.5) is 0 Å². The first-order valence-electron chi connectivity index (χ1n) is 20.0. The van der Waals surface area contributed by atoms with Crippen LogP contribution in [0, 0.1) is 0 Å². The van der Waals surface area contributed by atoms with E-state index in [1.165, 1.54) is 12.1 Å². The fraction of sp³-hybridized carbons (Fsp3) is 0.750. The van der Waals surface area contributed by atoms with Crippen LogP contribution in [0.5, 0.6) is 5.75 Å². The summed E-state index contributed by atoms with van der Waals surface area (Å²) in [7, 11) is 0. The van der Waals surface area contributed by atoms with Crippen molar-refractivity contribution < 1.29 is 84.1 Å². The summed E-state index contributed by atoms with van der Waals surface area (Å²) in [4.78, 5) is 47.8. The number of Topliss-reactive ketones (excluding diaryl/α,β-unsaturated/α-hetero) is 1. The van der Waals surface area contributed by atoms with Gasteiger partial charge in [-0.25, -0.2) is 9.59 Å². The van der Waals surface area contributed by atoms with Gasteiger partial charge in [0.1, 0.15) is 53.7 Å². The number of ketones is 1. The highest BCUT2D eigenvalue weighted by molar-refractivity contribution is 5.94. The monoisotopic (exact) mass is 816 g/mol. The number of carbonyl (C=O) groups is 4. The molecule has 1 aliphatic rings. The van der Waals surface area contributed by atoms with Gasteiger partial charge >= 0.3 is 17.9 Å². The number of aromatic carboxylic acids is 1. The van der Waals surface area contributed by atoms with Crippen molar-refractivity contribution in [3.05, 3.63) is 29.3 Å². The third-order valence-electron chi connectivity index (χ3n) is 10.0. The van der Waals surface area contributed by atoms with E-state index < -0.39 is 92.3 Å². The number of aliphatic hydroxyl groups excluding tert-OH is 7. The van der Waals surface area contributed by atoms with Gasteiger partial charge in [0.2, 0.25) is 0 Å². The predicted octanol–water partition coefficient (Wildman–Crippen LogP) is 1.82. The van der Waals surface area contributed by atoms with Crippen LogP contribution in [-0.4, -0.2) is 144 Å². The van der Waals surface area contributed by atoms with Gasteiger partial charge in [-0.1, -0.05) is 82.8 Å². The van der Waals surface area contributed by atoms with Crippen molar-refractivity contribution in [2.45, 2.75) is 178 Å². The van der Waals surface area contributed by atoms with Gasteiger partial charge in [-0.05, 0) is 37.8 Å². The van der Waals surface area contributed by atoms with E-state index in [-0.39, 0.29) is 23.5 Å². The number of ether oxygens (including phenoxy) is 4. The number of rotatable bonds is 29. The van der Waals surface area contributed by atoms with Crippen LogP contribution in [0.25, 0.3) is 0 Å². The Bertz CT molecular complexity index is 1360. The van der Waals surface area contributed by atoms with Crippen molar-refractivity contribution in [2.75, 3.05) is 13.2 Å². The summed E-state index contributed by atoms with van der Waals surface area (Å²) in [5, 5.41) is 90.4. The lowest BCUT2D eigenvalue weighted by Gasteiger charge is -2.42. The molecule has 0 aromatic heterocycles. The van der Waals surface area contributed by atoms with E-state index in [9.17, 15) is 65.1 Å². The molecule has 1 fully saturated rings. The molecule has 9 N–H and O–H groups in total. The number of carboxylic acids is 1. The molecule has 1 heterocycles. The topological polar surface area (TPSA) is 287 Å². The molecule has 17 nitrogen and oxygen atoms in total. The Labute approximate surface area is 333 Å². The largest absolute Gasteiger partial charge is 0.507 e. The molecular weight excluding hydrogens is 752 g/mol. The first kappa shape index (κ1) is 49.9. The van der Waals surface area contributed by atoms with Gasteiger partial charge in [0, 0.05) is 19.8 Å². The van der Waals surface area contributed by atoms with Gasteiger partial charge in [0.05, 0.1) is 19.3 Å². The van der Waals surface area contributed by atoms with Gasteiger partial charge in [0.15, 0.2) is 18.5 Å². The highest BCUT2D eigenvalue weighted by atomic mass is 16.7. The molecule has 17 heteroatoms. The van der Waals surface area contributed by atoms with Crippen molar-refractivity contribution in [3.8, 4) is 5.75 Å². The second-order valence-electron chi connectivity index (χ2n) is 14.8. The minimum atomic E-state index is -2.22. The average Bonchev–Trinajstić information content (AvgIpc) is 3.16. The highest BCUT2D eigenvalue weighted by Gasteiger charge is 2.49. The van der Waals surface area contributed by atoms with E-state index in [1.807, 2.05) is 0 Å². The molecule has 1 saturated heterocycles. The molecule has 0 saturated carbocycles. The molecule has 0 radical (unpaired) electrons. The van der Waals surface area contributed by atoms with E-state index in [0.717, 1.165) is 90.4 Å². The van der Waals surface area contributed by atoms with E-state index >= 15 is 0 Å². The molecule has 2 rings (SSSR count). The lowest BCUT2D eigenvalue weighted by molar-refractivity contribution is -0.324. The maximum atomic E-state index is 12.5. The van der Waals surface area contributed by atoms with Crippen LogP contribution in [0.15, 0.2) is 18.2 Å². The lowest BCUT2D eigenvalue weighted by Crippen LogP contribution is -2.62. The average molecular weight is 817 g/mol. The number of carbonyl (C=O) groups excluding carboxylic acids is 3. The number of esters is 2. The maximum Gasteiger partial charge on any atom is 0.339 e. The van der Waals surface area contributed by atoms with Gasteiger partial charge in [0.25, 0.3) is 0 Å². The van der Waals surface area contributed by atoms with Crippen LogP contribution < -0.4 is 0 Å². The van der Waals surface area contributed by atoms with Crippen molar-refractivity contribution >= 4 is 23.7 Å². The van der Waals surface area contributed by atoms with Gasteiger partial charge in [-0.2, -0.15) is 0 Å². The summed E-state index contributed by atoms with van der Waals surface area (Å²) in [6, 6.07) is 4.39. The second kappa shape index (κ2) is 26.7. The Balaban J connectivity index is 1.55. The molecule has 0 bridgehead atoms. The number of aliphatic hydroxyl groups is 7. The number of aromatic hydroxyl groups is 1. The van der Waals surface area contributed by atoms with Crippen LogP contribution in [0.1, 0.15) is 126 Å². The molecule has 0 aliphatic carbocycles. The first-order chi connectivity index (χ1) is 27.1. The Morgan fingerprint density at radius 1 is 0.807 bits per heavy atom. The molecule has 10 atom stereocenters. The van der Waals surface area contributed by atoms with Crippen molar-refractivity contribution in [3.63, 3.8) is 0 Å². The van der Waals surface area contributed by atoms with Crippen LogP contribution in [-0.2, 0) is 39.8 Å². The lowest BCUT2D eigenvalue weighted by atomic mass is 9.98. The van der Waals surface area contributed by atoms with E-state index in [1.54, 1.807) is 13.0 Å². The third kappa shape index (κ3) is 17.2. The maximum absolute atomic E-state index is 12.5. The van der Waals surface area contributed by atoms with Crippen molar-refractivity contribution in [1.82, 2.24) is 0 Å². The molecule has 1 aliphatic heterocycles. The number of phenols is 1. The van der Waals surface area contributed by atoms with Crippen molar-refractivity contribution in [2.24, 2.45) is 0 Å². The molecule has 0 spiro atoms. The smallest absolute Gasteiger partial charge is 0.339 e. The zero-order valence-electron chi connectivity index (χ0n) is 33.0. The van der Waals surface area contributed by atoms with E-state index in [0.29, 0.717) is 18.4 Å². The normalized spacial score (nSPS) is 22.2. The Morgan fingerprint density at radius 2 is 1.37 bits per heavy atom. The zero-order chi connectivity index (χ0) is 42.5. The van der Waals surface area contributed by atoms with E-state index in [4.69, 9.17) is 18.9 Å². The fourth-order valence-corrected chi connectivity index (χ4v) is 6.74. The van der Waals surface area contributed by atoms with Gasteiger partial charge in [-0.15, -0.1) is 0 Å². The first-order valence-corrected chi connectivity index (χ1v) is 20.0. The van der Waals surface area contributed by atoms with Gasteiger partial charge < -0.3 is 64.9 Å². The number of hydrogen-bond donors (Lipinski definition) is 9. The zero-order valence-corrected chi connectivity index (χ0v) is 33.0. The van der Waals surface area contributed by atoms with E-state index in [2.05, 4.69) is 0 Å². The predicted molar refractivity (Wildman–Crippen MR) is 202 cm³/mol. The molecule has 0 amide bonds. The molecule has 1 aromatic carbocycles.